The van der Waals surface area contributed by atoms with Gasteiger partial charge in [0, 0.05) is 5.50 Å². The maximum absolute atomic E-state index is 5.85. The van der Waals surface area contributed by atoms with Crippen molar-refractivity contribution in [3.05, 3.63) is 0 Å². The van der Waals surface area contributed by atoms with Gasteiger partial charge in [-0.2, -0.15) is 11.1 Å². The van der Waals surface area contributed by atoms with Crippen molar-refractivity contribution in [2.45, 2.75) is 6.55 Å². The monoisotopic (exact) mass is 187 g/mol. The average Bonchev–Trinajstić information content (AvgIpc) is 1.67. The predicted molar refractivity (Wildman–Crippen MR) is 45.9 cm³/mol. The van der Waals surface area contributed by atoms with Crippen molar-refractivity contribution in [3.63, 3.8) is 0 Å². The Kier molecular flexibility index (Phi) is 5.40. The third-order valence-electron chi connectivity index (χ3n) is 1.04. The average molecular weight is 188 g/mol. The van der Waals surface area contributed by atoms with Gasteiger partial charge in [0.2, 0.25) is 8.27 Å². The highest BCUT2D eigenvalue weighted by Gasteiger charge is 2.04. The second-order valence-electron chi connectivity index (χ2n) is 1.74. The molecule has 1 unspecified atom stereocenters. The zero-order chi connectivity index (χ0) is 6.57. The van der Waals surface area contributed by atoms with E-state index in [0.717, 1.165) is 5.50 Å². The van der Waals surface area contributed by atoms with E-state index in [9.17, 15) is 0 Å². The van der Waals surface area contributed by atoms with Crippen LogP contribution in [0.4, 0.5) is 0 Å². The molecule has 50 valence electrons. The maximum Gasteiger partial charge on any atom is 0.203 e. The third-order valence-corrected chi connectivity index (χ3v) is 7.75. The standard InChI is InChI=1S/C3H11Cl2NSi2/c1-6(7-3-4)8(2)5/h8H,3,7H2,1-2H3. The van der Waals surface area contributed by atoms with Crippen LogP contribution in [0.25, 0.3) is 0 Å². The Hall–Kier alpha value is 0.974. The largest absolute Gasteiger partial charge is 0.343 e. The van der Waals surface area contributed by atoms with Crippen LogP contribution >= 0.6 is 22.7 Å². The second kappa shape index (κ2) is 4.82. The zero-order valence-electron chi connectivity index (χ0n) is 5.19. The van der Waals surface area contributed by atoms with E-state index >= 15 is 0 Å². The predicted octanol–water partition coefficient (Wildman–Crippen LogP) is 0.287. The first kappa shape index (κ1) is 8.97. The number of hydrogen-bond acceptors (Lipinski definition) is 1. The molecule has 0 heterocycles. The van der Waals surface area contributed by atoms with Crippen molar-refractivity contribution >= 4 is 40.6 Å². The molecule has 0 aliphatic carbocycles. The Morgan fingerprint density at radius 1 is 1.75 bits per heavy atom. The topological polar surface area (TPSA) is 3.24 Å². The lowest BCUT2D eigenvalue weighted by Crippen LogP contribution is -2.33. The molecule has 8 heavy (non-hydrogen) atoms. The van der Waals surface area contributed by atoms with Gasteiger partial charge in [-0.05, 0) is 13.6 Å². The minimum Gasteiger partial charge on any atom is -0.343 e. The first-order chi connectivity index (χ1) is 3.68. The van der Waals surface area contributed by atoms with Gasteiger partial charge < -0.3 is 4.23 Å². The molecule has 0 aliphatic heterocycles. The van der Waals surface area contributed by atoms with Crippen LogP contribution in [0.5, 0.6) is 0 Å². The molecule has 0 aromatic heterocycles. The summed E-state index contributed by atoms with van der Waals surface area (Å²) >= 11 is 11.4. The first-order valence-electron chi connectivity index (χ1n) is 2.58. The smallest absolute Gasteiger partial charge is 0.203 e. The van der Waals surface area contributed by atoms with Gasteiger partial charge in [0.05, 0.1) is 0 Å². The molecule has 0 rings (SSSR count). The Balaban J connectivity index is 3.17. The summed E-state index contributed by atoms with van der Waals surface area (Å²) in [5.74, 6) is 0. The van der Waals surface area contributed by atoms with E-state index in [1.807, 2.05) is 0 Å². The summed E-state index contributed by atoms with van der Waals surface area (Å²) in [6.45, 7) is 2.10. The molecule has 0 aliphatic rings. The number of alkyl halides is 1. The summed E-state index contributed by atoms with van der Waals surface area (Å²) in [6.07, 6.45) is 0. The molecule has 0 fully saturated rings. The van der Waals surface area contributed by atoms with Gasteiger partial charge in [-0.1, -0.05) is 0 Å². The van der Waals surface area contributed by atoms with Crippen molar-refractivity contribution in [2.24, 2.45) is 0 Å². The summed E-state index contributed by atoms with van der Waals surface area (Å²) < 4.78 is 2.26. The number of halogens is 2. The van der Waals surface area contributed by atoms with Crippen LogP contribution in [-0.4, -0.2) is 34.7 Å². The van der Waals surface area contributed by atoms with Crippen molar-refractivity contribution in [3.8, 4) is 0 Å². The van der Waals surface area contributed by atoms with Crippen LogP contribution in [0.3, 0.4) is 0 Å². The Bertz CT molecular complexity index is 61.2. The molecule has 0 aromatic rings. The van der Waals surface area contributed by atoms with Gasteiger partial charge >= 0.3 is 0 Å². The number of hydrogen-bond donors (Lipinski definition) is 0. The Morgan fingerprint density at radius 3 is 2.38 bits per heavy atom. The molecule has 5 heteroatoms. The van der Waals surface area contributed by atoms with E-state index in [0.29, 0.717) is 0 Å². The minimum atomic E-state index is -0.999. The molecule has 0 amide bonds. The molecular formula is C3H11Cl2NSi2. The molecular weight excluding hydrogens is 177 g/mol. The van der Waals surface area contributed by atoms with E-state index in [1.54, 1.807) is 0 Å². The number of rotatable bonds is 3. The fourth-order valence-corrected chi connectivity index (χ4v) is 4.56. The summed E-state index contributed by atoms with van der Waals surface area (Å²) in [4.78, 5) is 0. The molecule has 0 N–H and O–H groups in total. The highest BCUT2D eigenvalue weighted by molar-refractivity contribution is 7.06. The lowest BCUT2D eigenvalue weighted by atomic mass is 11.6. The Labute approximate surface area is 64.3 Å². The summed E-state index contributed by atoms with van der Waals surface area (Å²) in [5, 5.41) is 0. The summed E-state index contributed by atoms with van der Waals surface area (Å²) in [5.41, 5.74) is 0.820. The highest BCUT2D eigenvalue weighted by Crippen LogP contribution is 1.92. The fraction of sp³-hybridized carbons (Fsp3) is 1.00. The van der Waals surface area contributed by atoms with Crippen molar-refractivity contribution < 1.29 is 0 Å². The van der Waals surface area contributed by atoms with Crippen LogP contribution in [0, 0.1) is 0 Å². The van der Waals surface area contributed by atoms with Crippen molar-refractivity contribution in [1.82, 2.24) is 4.23 Å². The highest BCUT2D eigenvalue weighted by atomic mass is 35.6. The van der Waals surface area contributed by atoms with Gasteiger partial charge in [-0.25, -0.2) is 0 Å². The van der Waals surface area contributed by atoms with Crippen LogP contribution in [-0.2, 0) is 0 Å². The summed E-state index contributed by atoms with van der Waals surface area (Å²) in [7, 11) is 0.896. The van der Waals surface area contributed by atoms with Crippen LogP contribution in [0.1, 0.15) is 0 Å². The third kappa shape index (κ3) is 3.91. The zero-order valence-corrected chi connectivity index (χ0v) is 9.28. The van der Waals surface area contributed by atoms with E-state index < -0.39 is 8.27 Å². The quantitative estimate of drug-likeness (QED) is 0.349. The van der Waals surface area contributed by atoms with E-state index in [1.165, 1.54) is 0 Å². The molecule has 0 saturated heterocycles. The fourth-order valence-electron chi connectivity index (χ4n) is 0.311. The van der Waals surface area contributed by atoms with E-state index in [2.05, 4.69) is 17.8 Å². The van der Waals surface area contributed by atoms with Gasteiger partial charge in [0.25, 0.3) is 0 Å². The Morgan fingerprint density at radius 2 is 2.25 bits per heavy atom. The van der Waals surface area contributed by atoms with Gasteiger partial charge in [-0.3, -0.25) is 0 Å². The van der Waals surface area contributed by atoms with Gasteiger partial charge in [0.1, 0.15) is 9.68 Å². The molecule has 1 atom stereocenters. The van der Waals surface area contributed by atoms with Crippen LogP contribution < -0.4 is 0 Å². The van der Waals surface area contributed by atoms with Crippen LogP contribution in [0.2, 0.25) is 6.55 Å². The van der Waals surface area contributed by atoms with Crippen LogP contribution in [0.15, 0.2) is 0 Å². The normalized spacial score (nSPS) is 16.1. The molecule has 0 saturated carbocycles. The first-order valence-corrected chi connectivity index (χ1v) is 8.17. The lowest BCUT2D eigenvalue weighted by molar-refractivity contribution is 0.845. The molecule has 1 nitrogen and oxygen atoms in total. The minimum absolute atomic E-state index is 0.173. The maximum atomic E-state index is 5.85. The SMILES string of the molecule is CN([SiH2]CCl)[SiH](C)Cl. The summed E-state index contributed by atoms with van der Waals surface area (Å²) in [6, 6.07) is 0. The second-order valence-corrected chi connectivity index (χ2v) is 9.35. The van der Waals surface area contributed by atoms with E-state index in [4.69, 9.17) is 22.7 Å². The molecule has 0 radical (unpaired) electrons. The lowest BCUT2D eigenvalue weighted by Gasteiger charge is -2.15. The van der Waals surface area contributed by atoms with E-state index in [-0.39, 0.29) is 9.68 Å². The number of nitrogens with zero attached hydrogens (tertiary/aromatic N) is 1. The van der Waals surface area contributed by atoms with Gasteiger partial charge in [-0.15, -0.1) is 11.6 Å². The molecule has 0 aromatic carbocycles. The van der Waals surface area contributed by atoms with Gasteiger partial charge in [0.15, 0.2) is 0 Å². The van der Waals surface area contributed by atoms with Crippen molar-refractivity contribution in [2.75, 3.05) is 12.6 Å². The molecule has 0 spiro atoms. The van der Waals surface area contributed by atoms with Crippen molar-refractivity contribution in [1.29, 1.82) is 0 Å². The molecule has 0 bridgehead atoms.